The molecule has 0 fully saturated rings. The van der Waals surface area contributed by atoms with E-state index in [1.54, 1.807) is 12.3 Å². The molecule has 5 N–H and O–H groups in total. The highest BCUT2D eigenvalue weighted by Gasteiger charge is 2.13. The van der Waals surface area contributed by atoms with E-state index in [1.807, 2.05) is 42.5 Å². The van der Waals surface area contributed by atoms with Crippen molar-refractivity contribution in [2.75, 3.05) is 23.5 Å². The summed E-state index contributed by atoms with van der Waals surface area (Å²) in [6.07, 6.45) is 1.00. The number of ether oxygens (including phenoxy) is 1. The summed E-state index contributed by atoms with van der Waals surface area (Å²) in [6.45, 7) is 1.46. The molecule has 0 aliphatic rings. The number of amides is 2. The number of nitrogens with two attached hydrogens (primary N) is 1. The van der Waals surface area contributed by atoms with Crippen LogP contribution in [0.2, 0.25) is 0 Å². The standard InChI is InChI=1S/C22H20N6O3/c1-12(29)25-16-5-3-13(4-6-16)17-9-15(10-18-20(17)27-28-21(18)23)14-7-8-24-19(11-14)26-22(30)31-2/h3-11H,1-2H3,(H,25,29)(H3,23,27,28)(H,24,26,30). The van der Waals surface area contributed by atoms with Gasteiger partial charge in [-0.2, -0.15) is 5.10 Å². The first kappa shape index (κ1) is 19.9. The number of pyridine rings is 1. The molecule has 4 rings (SSSR count). The molecule has 0 radical (unpaired) electrons. The topological polar surface area (TPSA) is 135 Å². The van der Waals surface area contributed by atoms with E-state index in [0.29, 0.717) is 17.3 Å². The molecule has 2 aromatic heterocycles. The van der Waals surface area contributed by atoms with Gasteiger partial charge in [0.2, 0.25) is 5.91 Å². The van der Waals surface area contributed by atoms with Crippen molar-refractivity contribution in [3.63, 3.8) is 0 Å². The van der Waals surface area contributed by atoms with E-state index in [9.17, 15) is 9.59 Å². The van der Waals surface area contributed by atoms with Gasteiger partial charge in [-0.25, -0.2) is 9.78 Å². The van der Waals surface area contributed by atoms with Gasteiger partial charge in [-0.1, -0.05) is 12.1 Å². The number of nitrogen functional groups attached to an aromatic ring is 1. The second-order valence-corrected chi connectivity index (χ2v) is 6.86. The summed E-state index contributed by atoms with van der Waals surface area (Å²) in [5.41, 5.74) is 11.1. The van der Waals surface area contributed by atoms with Crippen LogP contribution in [0.1, 0.15) is 6.92 Å². The summed E-state index contributed by atoms with van der Waals surface area (Å²) in [5, 5.41) is 13.2. The molecular weight excluding hydrogens is 396 g/mol. The van der Waals surface area contributed by atoms with Crippen LogP contribution in [0.5, 0.6) is 0 Å². The Labute approximate surface area is 177 Å². The Morgan fingerprint density at radius 1 is 1.00 bits per heavy atom. The Bertz CT molecular complexity index is 1280. The molecule has 9 heteroatoms. The maximum absolute atomic E-state index is 11.5. The van der Waals surface area contributed by atoms with Gasteiger partial charge in [0.05, 0.1) is 12.6 Å². The SMILES string of the molecule is COC(=O)Nc1cc(-c2cc(-c3ccc(NC(C)=O)cc3)c3[nH]nc(N)c3c2)ccn1. The second kappa shape index (κ2) is 8.15. The fourth-order valence-corrected chi connectivity index (χ4v) is 3.31. The second-order valence-electron chi connectivity index (χ2n) is 6.86. The molecule has 0 saturated heterocycles. The van der Waals surface area contributed by atoms with E-state index in [1.165, 1.54) is 14.0 Å². The Kier molecular flexibility index (Phi) is 5.23. The number of hydrogen-bond donors (Lipinski definition) is 4. The summed E-state index contributed by atoms with van der Waals surface area (Å²) >= 11 is 0. The number of H-pyrrole nitrogens is 1. The fraction of sp³-hybridized carbons (Fsp3) is 0.0909. The minimum Gasteiger partial charge on any atom is -0.453 e. The maximum atomic E-state index is 11.5. The summed E-state index contributed by atoms with van der Waals surface area (Å²) in [6, 6.07) is 15.0. The predicted octanol–water partition coefficient (Wildman–Crippen LogP) is 4.01. The number of benzene rings is 2. The smallest absolute Gasteiger partial charge is 0.412 e. The molecule has 9 nitrogen and oxygen atoms in total. The van der Waals surface area contributed by atoms with Crippen LogP contribution in [0.25, 0.3) is 33.2 Å². The van der Waals surface area contributed by atoms with Crippen LogP contribution >= 0.6 is 0 Å². The highest BCUT2D eigenvalue weighted by Crippen LogP contribution is 2.36. The maximum Gasteiger partial charge on any atom is 0.412 e. The van der Waals surface area contributed by atoms with E-state index in [-0.39, 0.29) is 5.91 Å². The lowest BCUT2D eigenvalue weighted by atomic mass is 9.96. The molecular formula is C22H20N6O3. The van der Waals surface area contributed by atoms with E-state index < -0.39 is 6.09 Å². The Morgan fingerprint density at radius 3 is 2.48 bits per heavy atom. The summed E-state index contributed by atoms with van der Waals surface area (Å²) in [7, 11) is 1.29. The molecule has 0 unspecified atom stereocenters. The number of aromatic amines is 1. The largest absolute Gasteiger partial charge is 0.453 e. The summed E-state index contributed by atoms with van der Waals surface area (Å²) in [4.78, 5) is 26.9. The number of nitrogens with one attached hydrogen (secondary N) is 3. The van der Waals surface area contributed by atoms with Gasteiger partial charge in [0.1, 0.15) is 5.82 Å². The Morgan fingerprint density at radius 2 is 1.77 bits per heavy atom. The van der Waals surface area contributed by atoms with Crippen LogP contribution in [-0.4, -0.2) is 34.3 Å². The van der Waals surface area contributed by atoms with Crippen molar-refractivity contribution in [3.8, 4) is 22.3 Å². The molecule has 0 aliphatic carbocycles. The lowest BCUT2D eigenvalue weighted by Crippen LogP contribution is -2.11. The molecule has 0 bridgehead atoms. The number of carbonyl (C=O) groups excluding carboxylic acids is 2. The van der Waals surface area contributed by atoms with Crippen molar-refractivity contribution in [1.82, 2.24) is 15.2 Å². The zero-order chi connectivity index (χ0) is 22.0. The number of nitrogens with zero attached hydrogens (tertiary/aromatic N) is 2. The molecule has 0 atom stereocenters. The molecule has 0 spiro atoms. The van der Waals surface area contributed by atoms with Crippen LogP contribution < -0.4 is 16.4 Å². The first-order valence-corrected chi connectivity index (χ1v) is 9.41. The van der Waals surface area contributed by atoms with E-state index in [4.69, 9.17) is 5.73 Å². The Hall–Kier alpha value is -4.40. The van der Waals surface area contributed by atoms with Crippen molar-refractivity contribution in [2.24, 2.45) is 0 Å². The number of methoxy groups -OCH3 is 1. The van der Waals surface area contributed by atoms with Crippen molar-refractivity contribution in [2.45, 2.75) is 6.92 Å². The van der Waals surface area contributed by atoms with E-state index in [2.05, 4.69) is 30.6 Å². The normalized spacial score (nSPS) is 10.6. The van der Waals surface area contributed by atoms with E-state index in [0.717, 1.165) is 33.2 Å². The van der Waals surface area contributed by atoms with Gasteiger partial charge in [-0.3, -0.25) is 15.2 Å². The number of anilines is 3. The third kappa shape index (κ3) is 4.15. The third-order valence-corrected chi connectivity index (χ3v) is 4.73. The van der Waals surface area contributed by atoms with Gasteiger partial charge in [0, 0.05) is 29.8 Å². The molecule has 0 aliphatic heterocycles. The minimum atomic E-state index is -0.598. The summed E-state index contributed by atoms with van der Waals surface area (Å²) < 4.78 is 4.63. The lowest BCUT2D eigenvalue weighted by Gasteiger charge is -2.10. The van der Waals surface area contributed by atoms with Crippen molar-refractivity contribution in [3.05, 3.63) is 54.7 Å². The average molecular weight is 416 g/mol. The van der Waals surface area contributed by atoms with Gasteiger partial charge < -0.3 is 15.8 Å². The lowest BCUT2D eigenvalue weighted by molar-refractivity contribution is -0.114. The fourth-order valence-electron chi connectivity index (χ4n) is 3.31. The van der Waals surface area contributed by atoms with Gasteiger partial charge in [-0.05, 0) is 53.1 Å². The minimum absolute atomic E-state index is 0.132. The first-order chi connectivity index (χ1) is 14.9. The van der Waals surface area contributed by atoms with Gasteiger partial charge in [0.25, 0.3) is 0 Å². The number of fused-ring (bicyclic) bond motifs is 1. The molecule has 2 amide bonds. The number of hydrogen-bond acceptors (Lipinski definition) is 6. The quantitative estimate of drug-likeness (QED) is 0.397. The number of aromatic nitrogens is 3. The number of carbonyl (C=O) groups is 2. The van der Waals surface area contributed by atoms with Crippen molar-refractivity contribution >= 4 is 40.2 Å². The first-order valence-electron chi connectivity index (χ1n) is 9.41. The van der Waals surface area contributed by atoms with Gasteiger partial charge >= 0.3 is 6.09 Å². The van der Waals surface area contributed by atoms with Crippen molar-refractivity contribution < 1.29 is 14.3 Å². The molecule has 2 heterocycles. The van der Waals surface area contributed by atoms with Gasteiger partial charge in [-0.15, -0.1) is 0 Å². The zero-order valence-electron chi connectivity index (χ0n) is 16.9. The third-order valence-electron chi connectivity index (χ3n) is 4.73. The molecule has 2 aromatic carbocycles. The highest BCUT2D eigenvalue weighted by atomic mass is 16.5. The average Bonchev–Trinajstić information content (AvgIpc) is 3.14. The van der Waals surface area contributed by atoms with Crippen LogP contribution in [-0.2, 0) is 9.53 Å². The molecule has 0 saturated carbocycles. The van der Waals surface area contributed by atoms with Crippen molar-refractivity contribution in [1.29, 1.82) is 0 Å². The van der Waals surface area contributed by atoms with Crippen LogP contribution in [0, 0.1) is 0 Å². The van der Waals surface area contributed by atoms with Crippen LogP contribution in [0.4, 0.5) is 22.1 Å². The highest BCUT2D eigenvalue weighted by molar-refractivity contribution is 6.02. The monoisotopic (exact) mass is 416 g/mol. The molecule has 4 aromatic rings. The van der Waals surface area contributed by atoms with Crippen LogP contribution in [0.15, 0.2) is 54.7 Å². The van der Waals surface area contributed by atoms with Gasteiger partial charge in [0.15, 0.2) is 5.82 Å². The van der Waals surface area contributed by atoms with E-state index >= 15 is 0 Å². The van der Waals surface area contributed by atoms with Crippen LogP contribution in [0.3, 0.4) is 0 Å². The molecule has 156 valence electrons. The summed E-state index contributed by atoms with van der Waals surface area (Å²) in [5.74, 6) is 0.619. The Balaban J connectivity index is 1.80. The zero-order valence-corrected chi connectivity index (χ0v) is 16.9. The number of rotatable bonds is 4. The molecule has 31 heavy (non-hydrogen) atoms. The predicted molar refractivity (Wildman–Crippen MR) is 120 cm³/mol.